The van der Waals surface area contributed by atoms with Crippen LogP contribution in [0.5, 0.6) is 0 Å². The van der Waals surface area contributed by atoms with Gasteiger partial charge in [0.15, 0.2) is 4.96 Å². The van der Waals surface area contributed by atoms with Gasteiger partial charge in [0.1, 0.15) is 0 Å². The number of nitriles is 1. The molecule has 1 aromatic carbocycles. The third kappa shape index (κ3) is 2.32. The molecule has 0 unspecified atom stereocenters. The number of thiazole rings is 1. The van der Waals surface area contributed by atoms with Gasteiger partial charge in [-0.2, -0.15) is 5.26 Å². The Bertz CT molecular complexity index is 860. The molecule has 0 radical (unpaired) electrons. The molecule has 2 heterocycles. The number of hydrogen-bond acceptors (Lipinski definition) is 3. The maximum absolute atomic E-state index is 9.20. The van der Waals surface area contributed by atoms with Crippen molar-refractivity contribution in [1.82, 2.24) is 9.38 Å². The molecule has 0 saturated heterocycles. The summed E-state index contributed by atoms with van der Waals surface area (Å²) in [7, 11) is 0. The van der Waals surface area contributed by atoms with Gasteiger partial charge in [0.2, 0.25) is 0 Å². The van der Waals surface area contributed by atoms with Crippen LogP contribution in [0.25, 0.3) is 16.2 Å². The van der Waals surface area contributed by atoms with Crippen molar-refractivity contribution in [2.75, 3.05) is 0 Å². The number of benzene rings is 1. The standard InChI is InChI=1S/C18H19N3S/c1-11(2)14-5-7-15(8-6-14)17-16(9-10-19)21-12(3)13(4)22-18(21)20-17/h5-8,11H,9H2,1-4H3. The first-order chi connectivity index (χ1) is 10.5. The lowest BCUT2D eigenvalue weighted by atomic mass is 10.00. The van der Waals surface area contributed by atoms with Gasteiger partial charge in [-0.05, 0) is 25.3 Å². The number of imidazole rings is 1. The van der Waals surface area contributed by atoms with Gasteiger partial charge in [-0.1, -0.05) is 38.1 Å². The smallest absolute Gasteiger partial charge is 0.194 e. The molecule has 0 aliphatic rings. The van der Waals surface area contributed by atoms with E-state index in [9.17, 15) is 5.26 Å². The van der Waals surface area contributed by atoms with Crippen LogP contribution in [0.15, 0.2) is 24.3 Å². The minimum absolute atomic E-state index is 0.374. The highest BCUT2D eigenvalue weighted by molar-refractivity contribution is 7.17. The number of nitrogens with zero attached hydrogens (tertiary/aromatic N) is 3. The molecule has 0 aliphatic carbocycles. The van der Waals surface area contributed by atoms with E-state index in [0.29, 0.717) is 12.3 Å². The van der Waals surface area contributed by atoms with E-state index in [4.69, 9.17) is 4.98 Å². The quantitative estimate of drug-likeness (QED) is 0.692. The predicted molar refractivity (Wildman–Crippen MR) is 91.4 cm³/mol. The van der Waals surface area contributed by atoms with Gasteiger partial charge in [-0.25, -0.2) is 4.98 Å². The molecule has 3 nitrogen and oxygen atoms in total. The van der Waals surface area contributed by atoms with Crippen LogP contribution < -0.4 is 0 Å². The molecule has 0 aliphatic heterocycles. The molecule has 0 spiro atoms. The minimum atomic E-state index is 0.374. The summed E-state index contributed by atoms with van der Waals surface area (Å²) in [5.74, 6) is 0.517. The summed E-state index contributed by atoms with van der Waals surface area (Å²) in [5.41, 5.74) is 5.52. The SMILES string of the molecule is Cc1sc2nc(-c3ccc(C(C)C)cc3)c(CC#N)n2c1C. The molecular weight excluding hydrogens is 290 g/mol. The highest BCUT2D eigenvalue weighted by atomic mass is 32.1. The molecule has 0 atom stereocenters. The molecule has 0 bridgehead atoms. The maximum Gasteiger partial charge on any atom is 0.194 e. The molecule has 0 amide bonds. The summed E-state index contributed by atoms with van der Waals surface area (Å²) in [6.07, 6.45) is 0.374. The largest absolute Gasteiger partial charge is 0.290 e. The number of aromatic nitrogens is 2. The van der Waals surface area contributed by atoms with Crippen molar-refractivity contribution in [2.45, 2.75) is 40.0 Å². The average molecular weight is 309 g/mol. The molecule has 22 heavy (non-hydrogen) atoms. The Morgan fingerprint density at radius 2 is 1.91 bits per heavy atom. The highest BCUT2D eigenvalue weighted by Crippen LogP contribution is 2.31. The van der Waals surface area contributed by atoms with Crippen molar-refractivity contribution in [3.05, 3.63) is 46.1 Å². The van der Waals surface area contributed by atoms with E-state index in [0.717, 1.165) is 21.9 Å². The van der Waals surface area contributed by atoms with E-state index in [1.807, 2.05) is 0 Å². The van der Waals surface area contributed by atoms with Crippen LogP contribution in [0.4, 0.5) is 0 Å². The van der Waals surface area contributed by atoms with Gasteiger partial charge in [-0.3, -0.25) is 4.40 Å². The van der Waals surface area contributed by atoms with E-state index in [2.05, 4.69) is 62.4 Å². The summed E-state index contributed by atoms with van der Waals surface area (Å²) < 4.78 is 2.13. The van der Waals surface area contributed by atoms with E-state index < -0.39 is 0 Å². The van der Waals surface area contributed by atoms with E-state index in [-0.39, 0.29) is 0 Å². The molecule has 0 saturated carbocycles. The molecule has 112 valence electrons. The van der Waals surface area contributed by atoms with Crippen molar-refractivity contribution >= 4 is 16.3 Å². The van der Waals surface area contributed by atoms with Crippen LogP contribution in [0.3, 0.4) is 0 Å². The minimum Gasteiger partial charge on any atom is -0.290 e. The van der Waals surface area contributed by atoms with Crippen molar-refractivity contribution in [3.8, 4) is 17.3 Å². The second kappa shape index (κ2) is 5.58. The summed E-state index contributed by atoms with van der Waals surface area (Å²) >= 11 is 1.68. The first-order valence-corrected chi connectivity index (χ1v) is 8.29. The molecule has 3 rings (SSSR count). The van der Waals surface area contributed by atoms with Gasteiger partial charge in [-0.15, -0.1) is 11.3 Å². The van der Waals surface area contributed by atoms with Gasteiger partial charge < -0.3 is 0 Å². The molecule has 0 N–H and O–H groups in total. The van der Waals surface area contributed by atoms with Crippen molar-refractivity contribution < 1.29 is 0 Å². The fourth-order valence-electron chi connectivity index (χ4n) is 2.71. The molecule has 2 aromatic heterocycles. The van der Waals surface area contributed by atoms with Crippen molar-refractivity contribution in [2.24, 2.45) is 0 Å². The average Bonchev–Trinajstić information content (AvgIpc) is 2.98. The fraction of sp³-hybridized carbons (Fsp3) is 0.333. The second-order valence-electron chi connectivity index (χ2n) is 5.88. The lowest BCUT2D eigenvalue weighted by Gasteiger charge is -2.07. The van der Waals surface area contributed by atoms with Crippen LogP contribution in [-0.2, 0) is 6.42 Å². The Kier molecular flexibility index (Phi) is 3.76. The molecular formula is C18H19N3S. The Hall–Kier alpha value is -2.12. The lowest BCUT2D eigenvalue weighted by Crippen LogP contribution is -1.95. The van der Waals surface area contributed by atoms with Crippen LogP contribution in [0, 0.1) is 25.2 Å². The number of aryl methyl sites for hydroxylation is 2. The molecule has 3 aromatic rings. The number of rotatable bonds is 3. The fourth-order valence-corrected chi connectivity index (χ4v) is 3.70. The molecule has 0 fully saturated rings. The van der Waals surface area contributed by atoms with Gasteiger partial charge in [0, 0.05) is 16.1 Å². The zero-order chi connectivity index (χ0) is 15.9. The zero-order valence-corrected chi connectivity index (χ0v) is 14.2. The first-order valence-electron chi connectivity index (χ1n) is 7.47. The molecule has 4 heteroatoms. The monoisotopic (exact) mass is 309 g/mol. The topological polar surface area (TPSA) is 41.1 Å². The third-order valence-electron chi connectivity index (χ3n) is 4.13. The number of fused-ring (bicyclic) bond motifs is 1. The summed E-state index contributed by atoms with van der Waals surface area (Å²) in [4.78, 5) is 7.02. The zero-order valence-electron chi connectivity index (χ0n) is 13.3. The van der Waals surface area contributed by atoms with Crippen LogP contribution in [0.2, 0.25) is 0 Å². The third-order valence-corrected chi connectivity index (χ3v) is 5.19. The van der Waals surface area contributed by atoms with Gasteiger partial charge in [0.25, 0.3) is 0 Å². The predicted octanol–water partition coefficient (Wildman–Crippen LogP) is 4.87. The van der Waals surface area contributed by atoms with E-state index in [1.54, 1.807) is 11.3 Å². The summed E-state index contributed by atoms with van der Waals surface area (Å²) in [6.45, 7) is 8.57. The van der Waals surface area contributed by atoms with Crippen LogP contribution in [-0.4, -0.2) is 9.38 Å². The number of hydrogen-bond donors (Lipinski definition) is 0. The summed E-state index contributed by atoms with van der Waals surface area (Å²) in [6, 6.07) is 10.8. The van der Waals surface area contributed by atoms with Crippen LogP contribution in [0.1, 0.15) is 41.6 Å². The highest BCUT2D eigenvalue weighted by Gasteiger charge is 2.18. The summed E-state index contributed by atoms with van der Waals surface area (Å²) in [5, 5.41) is 9.20. The van der Waals surface area contributed by atoms with Crippen molar-refractivity contribution in [3.63, 3.8) is 0 Å². The van der Waals surface area contributed by atoms with Crippen molar-refractivity contribution in [1.29, 1.82) is 5.26 Å². The Morgan fingerprint density at radius 3 is 2.50 bits per heavy atom. The maximum atomic E-state index is 9.20. The Balaban J connectivity index is 2.18. The van der Waals surface area contributed by atoms with Crippen LogP contribution >= 0.6 is 11.3 Å². The second-order valence-corrected chi connectivity index (χ2v) is 7.06. The Labute approximate surface area is 134 Å². The first kappa shape index (κ1) is 14.8. The van der Waals surface area contributed by atoms with E-state index >= 15 is 0 Å². The normalized spacial score (nSPS) is 11.3. The van der Waals surface area contributed by atoms with Gasteiger partial charge >= 0.3 is 0 Å². The Morgan fingerprint density at radius 1 is 1.23 bits per heavy atom. The van der Waals surface area contributed by atoms with E-state index in [1.165, 1.54) is 16.1 Å². The van der Waals surface area contributed by atoms with Gasteiger partial charge in [0.05, 0.1) is 23.9 Å². The lowest BCUT2D eigenvalue weighted by molar-refractivity contribution is 0.867.